The van der Waals surface area contributed by atoms with Crippen molar-refractivity contribution in [1.82, 2.24) is 5.32 Å². The molecule has 16 heavy (non-hydrogen) atoms. The van der Waals surface area contributed by atoms with Gasteiger partial charge in [0.2, 0.25) is 0 Å². The minimum atomic E-state index is -0.250. The lowest BCUT2D eigenvalue weighted by atomic mass is 10.2. The summed E-state index contributed by atoms with van der Waals surface area (Å²) in [5.74, 6) is -0.244. The van der Waals surface area contributed by atoms with Gasteiger partial charge in [0.1, 0.15) is 5.75 Å². The average Bonchev–Trinajstić information content (AvgIpc) is 2.24. The van der Waals surface area contributed by atoms with Crippen molar-refractivity contribution in [2.24, 2.45) is 0 Å². The van der Waals surface area contributed by atoms with Crippen LogP contribution in [0, 0.1) is 0 Å². The van der Waals surface area contributed by atoms with Gasteiger partial charge in [0.25, 0.3) is 5.91 Å². The van der Waals surface area contributed by atoms with E-state index >= 15 is 0 Å². The van der Waals surface area contributed by atoms with Crippen LogP contribution in [0.3, 0.4) is 0 Å². The van der Waals surface area contributed by atoms with Crippen LogP contribution >= 0.6 is 11.6 Å². The largest absolute Gasteiger partial charge is 0.507 e. The van der Waals surface area contributed by atoms with E-state index in [2.05, 4.69) is 5.32 Å². The summed E-state index contributed by atoms with van der Waals surface area (Å²) in [6.45, 7) is 2.50. The number of halogens is 1. The van der Waals surface area contributed by atoms with Crippen LogP contribution in [-0.4, -0.2) is 22.9 Å². The van der Waals surface area contributed by atoms with Crippen molar-refractivity contribution in [2.45, 2.75) is 25.1 Å². The molecule has 0 heterocycles. The highest BCUT2D eigenvalue weighted by Gasteiger charge is 2.08. The minimum Gasteiger partial charge on any atom is -0.507 e. The van der Waals surface area contributed by atoms with Gasteiger partial charge < -0.3 is 10.4 Å². The summed E-state index contributed by atoms with van der Waals surface area (Å²) in [5.41, 5.74) is 0.307. The first-order valence-electron chi connectivity index (χ1n) is 5.31. The predicted molar refractivity (Wildman–Crippen MR) is 65.0 cm³/mol. The van der Waals surface area contributed by atoms with Crippen molar-refractivity contribution in [1.29, 1.82) is 0 Å². The molecule has 0 bridgehead atoms. The van der Waals surface area contributed by atoms with Gasteiger partial charge in [0, 0.05) is 11.9 Å². The van der Waals surface area contributed by atoms with Crippen LogP contribution < -0.4 is 5.32 Å². The number of para-hydroxylation sites is 1. The summed E-state index contributed by atoms with van der Waals surface area (Å²) in [6, 6.07) is 6.49. The fourth-order valence-electron chi connectivity index (χ4n) is 1.35. The van der Waals surface area contributed by atoms with E-state index in [0.29, 0.717) is 12.1 Å². The first-order chi connectivity index (χ1) is 7.61. The number of rotatable bonds is 5. The molecule has 1 amide bonds. The Kier molecular flexibility index (Phi) is 5.12. The maximum atomic E-state index is 11.6. The first-order valence-corrected chi connectivity index (χ1v) is 5.75. The number of phenols is 1. The summed E-state index contributed by atoms with van der Waals surface area (Å²) in [7, 11) is 0. The molecule has 0 spiro atoms. The van der Waals surface area contributed by atoms with Gasteiger partial charge in [-0.05, 0) is 31.9 Å². The maximum absolute atomic E-state index is 11.6. The van der Waals surface area contributed by atoms with Crippen LogP contribution in [0.5, 0.6) is 5.75 Å². The second-order valence-electron chi connectivity index (χ2n) is 3.70. The van der Waals surface area contributed by atoms with Crippen molar-refractivity contribution in [3.8, 4) is 5.75 Å². The number of amides is 1. The fraction of sp³-hybridized carbons (Fsp3) is 0.417. The van der Waals surface area contributed by atoms with Gasteiger partial charge >= 0.3 is 0 Å². The third-order valence-electron chi connectivity index (χ3n) is 2.21. The smallest absolute Gasteiger partial charge is 0.255 e. The molecule has 0 saturated carbocycles. The van der Waals surface area contributed by atoms with Crippen LogP contribution in [-0.2, 0) is 0 Å². The first kappa shape index (κ1) is 12.8. The van der Waals surface area contributed by atoms with Gasteiger partial charge in [-0.15, -0.1) is 11.6 Å². The number of alkyl halides is 1. The van der Waals surface area contributed by atoms with Crippen molar-refractivity contribution in [3.05, 3.63) is 29.8 Å². The van der Waals surface area contributed by atoms with Crippen molar-refractivity contribution in [3.63, 3.8) is 0 Å². The number of hydrogen-bond acceptors (Lipinski definition) is 2. The van der Waals surface area contributed by atoms with E-state index in [1.165, 1.54) is 6.07 Å². The van der Waals surface area contributed by atoms with E-state index in [1.807, 2.05) is 6.92 Å². The van der Waals surface area contributed by atoms with Crippen LogP contribution in [0.2, 0.25) is 0 Å². The van der Waals surface area contributed by atoms with Gasteiger partial charge in [-0.2, -0.15) is 0 Å². The molecule has 0 aliphatic carbocycles. The summed E-state index contributed by atoms with van der Waals surface area (Å²) < 4.78 is 0. The molecule has 1 aromatic carbocycles. The molecule has 4 heteroatoms. The second-order valence-corrected chi connectivity index (χ2v) is 4.44. The Morgan fingerprint density at radius 2 is 2.19 bits per heavy atom. The summed E-state index contributed by atoms with van der Waals surface area (Å²) in [5, 5.41) is 12.3. The Balaban J connectivity index is 2.39. The molecule has 0 aliphatic rings. The number of benzene rings is 1. The Morgan fingerprint density at radius 3 is 2.81 bits per heavy atom. The molecule has 88 valence electrons. The fourth-order valence-corrected chi connectivity index (χ4v) is 1.50. The standard InChI is InChI=1S/C12H16ClNO2/c1-9(13)5-4-8-14-12(16)10-6-2-3-7-11(10)15/h2-3,6-7,9,15H,4-5,8H2,1H3,(H,14,16). The lowest BCUT2D eigenvalue weighted by molar-refractivity contribution is 0.0950. The van der Waals surface area contributed by atoms with Crippen LogP contribution in [0.1, 0.15) is 30.1 Å². The molecule has 1 atom stereocenters. The molecule has 1 aromatic rings. The Bertz CT molecular complexity index is 353. The molecule has 2 N–H and O–H groups in total. The molecule has 0 fully saturated rings. The third-order valence-corrected chi connectivity index (χ3v) is 2.43. The number of carbonyl (C=O) groups excluding carboxylic acids is 1. The number of aromatic hydroxyl groups is 1. The van der Waals surface area contributed by atoms with Crippen LogP contribution in [0.25, 0.3) is 0 Å². The Hall–Kier alpha value is -1.22. The van der Waals surface area contributed by atoms with Crippen LogP contribution in [0.15, 0.2) is 24.3 Å². The summed E-state index contributed by atoms with van der Waals surface area (Å²) >= 11 is 5.78. The van der Waals surface area contributed by atoms with E-state index < -0.39 is 0 Å². The normalized spacial score (nSPS) is 12.1. The molecule has 0 aromatic heterocycles. The predicted octanol–water partition coefficient (Wildman–Crippen LogP) is 2.53. The van der Waals surface area contributed by atoms with Gasteiger partial charge in [-0.1, -0.05) is 12.1 Å². The van der Waals surface area contributed by atoms with Crippen molar-refractivity contribution >= 4 is 17.5 Å². The lowest BCUT2D eigenvalue weighted by Gasteiger charge is -2.07. The summed E-state index contributed by atoms with van der Waals surface area (Å²) in [6.07, 6.45) is 1.70. The van der Waals surface area contributed by atoms with Gasteiger partial charge in [0.15, 0.2) is 0 Å². The van der Waals surface area contributed by atoms with E-state index in [-0.39, 0.29) is 17.0 Å². The number of hydrogen-bond donors (Lipinski definition) is 2. The zero-order valence-electron chi connectivity index (χ0n) is 9.24. The van der Waals surface area contributed by atoms with Gasteiger partial charge in [0.05, 0.1) is 5.56 Å². The Morgan fingerprint density at radius 1 is 1.50 bits per heavy atom. The van der Waals surface area contributed by atoms with Gasteiger partial charge in [-0.3, -0.25) is 4.79 Å². The second kappa shape index (κ2) is 6.38. The highest BCUT2D eigenvalue weighted by Crippen LogP contribution is 2.14. The molecule has 0 aliphatic heterocycles. The molecule has 1 unspecified atom stereocenters. The van der Waals surface area contributed by atoms with Crippen molar-refractivity contribution < 1.29 is 9.90 Å². The maximum Gasteiger partial charge on any atom is 0.255 e. The number of nitrogens with one attached hydrogen (secondary N) is 1. The monoisotopic (exact) mass is 241 g/mol. The van der Waals surface area contributed by atoms with Gasteiger partial charge in [-0.25, -0.2) is 0 Å². The summed E-state index contributed by atoms with van der Waals surface area (Å²) in [4.78, 5) is 11.6. The van der Waals surface area contributed by atoms with Crippen molar-refractivity contribution in [2.75, 3.05) is 6.54 Å². The number of phenolic OH excluding ortho intramolecular Hbond substituents is 1. The molecule has 1 rings (SSSR count). The quantitative estimate of drug-likeness (QED) is 0.615. The zero-order chi connectivity index (χ0) is 12.0. The number of carbonyl (C=O) groups is 1. The third kappa shape index (κ3) is 4.11. The van der Waals surface area contributed by atoms with E-state index in [0.717, 1.165) is 12.8 Å². The SMILES string of the molecule is CC(Cl)CCCNC(=O)c1ccccc1O. The molecule has 0 saturated heterocycles. The molecular formula is C12H16ClNO2. The van der Waals surface area contributed by atoms with E-state index in [9.17, 15) is 9.90 Å². The minimum absolute atomic E-state index is 0.00529. The highest BCUT2D eigenvalue weighted by atomic mass is 35.5. The highest BCUT2D eigenvalue weighted by molar-refractivity contribution is 6.20. The van der Waals surface area contributed by atoms with E-state index in [4.69, 9.17) is 11.6 Å². The van der Waals surface area contributed by atoms with E-state index in [1.54, 1.807) is 18.2 Å². The topological polar surface area (TPSA) is 49.3 Å². The molecule has 3 nitrogen and oxygen atoms in total. The zero-order valence-corrected chi connectivity index (χ0v) is 10.00. The lowest BCUT2D eigenvalue weighted by Crippen LogP contribution is -2.24. The molecular weight excluding hydrogens is 226 g/mol. The Labute approximate surface area is 100 Å². The average molecular weight is 242 g/mol. The molecule has 0 radical (unpaired) electrons. The van der Waals surface area contributed by atoms with Crippen LogP contribution in [0.4, 0.5) is 0 Å².